The Morgan fingerprint density at radius 2 is 1.63 bits per heavy atom. The molecule has 2 heterocycles. The quantitative estimate of drug-likeness (QED) is 0.660. The number of likely N-dealkylation sites (N-methyl/N-ethyl adjacent to an activating group) is 1. The summed E-state index contributed by atoms with van der Waals surface area (Å²) in [5.74, 6) is -0.755. The Morgan fingerprint density at radius 1 is 0.967 bits per heavy atom. The number of hydrogen-bond donors (Lipinski definition) is 0. The summed E-state index contributed by atoms with van der Waals surface area (Å²) in [6.45, 7) is 1.91. The number of rotatable bonds is 4. The van der Waals surface area contributed by atoms with Crippen molar-refractivity contribution in [2.45, 2.75) is 18.9 Å². The lowest BCUT2D eigenvalue weighted by molar-refractivity contribution is -0.120. The maximum absolute atomic E-state index is 13.6. The number of hydrogen-bond acceptors (Lipinski definition) is 4. The van der Waals surface area contributed by atoms with E-state index < -0.39 is 0 Å². The zero-order chi connectivity index (χ0) is 21.4. The van der Waals surface area contributed by atoms with Crippen LogP contribution in [0, 0.1) is 0 Å². The van der Waals surface area contributed by atoms with Crippen molar-refractivity contribution in [3.8, 4) is 0 Å². The second-order valence-corrected chi connectivity index (χ2v) is 8.62. The smallest absolute Gasteiger partial charge is 0.282 e. The van der Waals surface area contributed by atoms with Gasteiger partial charge in [0, 0.05) is 18.1 Å². The molecule has 0 aliphatic carbocycles. The number of imide groups is 1. The fourth-order valence-electron chi connectivity index (χ4n) is 4.15. The Labute approximate surface area is 186 Å². The Morgan fingerprint density at radius 3 is 2.30 bits per heavy atom. The van der Waals surface area contributed by atoms with Gasteiger partial charge in [-0.15, -0.1) is 0 Å². The number of nitrogens with zero attached hydrogens (tertiary/aromatic N) is 3. The molecule has 0 atom stereocenters. The number of carbonyl (C=O) groups is 2. The SMILES string of the molecule is CN1CCC(N(C)C2=C(c3ccccc3)C(=O)N(c3cc(Cl)ccc3Cl)C2=O)CC1. The van der Waals surface area contributed by atoms with Crippen LogP contribution < -0.4 is 4.90 Å². The highest BCUT2D eigenvalue weighted by Gasteiger charge is 2.43. The molecule has 0 saturated carbocycles. The average molecular weight is 444 g/mol. The van der Waals surface area contributed by atoms with Crippen LogP contribution in [0.3, 0.4) is 0 Å². The molecule has 2 aromatic rings. The van der Waals surface area contributed by atoms with E-state index in [0.717, 1.165) is 30.8 Å². The molecule has 2 aliphatic heterocycles. The van der Waals surface area contributed by atoms with Crippen molar-refractivity contribution in [2.24, 2.45) is 0 Å². The summed E-state index contributed by atoms with van der Waals surface area (Å²) in [4.78, 5) is 32.6. The lowest BCUT2D eigenvalue weighted by Crippen LogP contribution is -2.43. The second-order valence-electron chi connectivity index (χ2n) is 7.78. The van der Waals surface area contributed by atoms with Crippen LogP contribution in [0.25, 0.3) is 5.57 Å². The van der Waals surface area contributed by atoms with Gasteiger partial charge in [-0.25, -0.2) is 4.90 Å². The normalized spacial score (nSPS) is 18.5. The van der Waals surface area contributed by atoms with E-state index in [9.17, 15) is 9.59 Å². The Bertz CT molecular complexity index is 1010. The van der Waals surface area contributed by atoms with E-state index >= 15 is 0 Å². The summed E-state index contributed by atoms with van der Waals surface area (Å²) < 4.78 is 0. The number of amides is 2. The largest absolute Gasteiger partial charge is 0.366 e. The third-order valence-electron chi connectivity index (χ3n) is 5.86. The lowest BCUT2D eigenvalue weighted by atomic mass is 10.0. The van der Waals surface area contributed by atoms with Gasteiger partial charge in [-0.05, 0) is 56.7 Å². The van der Waals surface area contributed by atoms with Gasteiger partial charge in [-0.3, -0.25) is 9.59 Å². The predicted octanol–water partition coefficient (Wildman–Crippen LogP) is 4.30. The molecule has 2 aromatic carbocycles. The van der Waals surface area contributed by atoms with Crippen LogP contribution in [-0.2, 0) is 9.59 Å². The molecule has 30 heavy (non-hydrogen) atoms. The van der Waals surface area contributed by atoms with Gasteiger partial charge in [-0.2, -0.15) is 0 Å². The third-order valence-corrected chi connectivity index (χ3v) is 6.41. The molecular weight excluding hydrogens is 421 g/mol. The van der Waals surface area contributed by atoms with Gasteiger partial charge < -0.3 is 9.80 Å². The van der Waals surface area contributed by atoms with Gasteiger partial charge in [0.1, 0.15) is 5.70 Å². The Hall–Kier alpha value is -2.34. The van der Waals surface area contributed by atoms with E-state index in [0.29, 0.717) is 32.6 Å². The first-order valence-corrected chi connectivity index (χ1v) is 10.7. The minimum atomic E-state index is -0.384. The summed E-state index contributed by atoms with van der Waals surface area (Å²) in [5, 5.41) is 0.713. The molecule has 0 N–H and O–H groups in total. The predicted molar refractivity (Wildman–Crippen MR) is 121 cm³/mol. The monoisotopic (exact) mass is 443 g/mol. The minimum absolute atomic E-state index is 0.182. The van der Waals surface area contributed by atoms with Gasteiger partial charge in [0.2, 0.25) is 0 Å². The van der Waals surface area contributed by atoms with Crippen LogP contribution in [0.1, 0.15) is 18.4 Å². The molecule has 0 radical (unpaired) electrons. The molecule has 156 valence electrons. The van der Waals surface area contributed by atoms with E-state index in [4.69, 9.17) is 23.2 Å². The van der Waals surface area contributed by atoms with E-state index in [1.54, 1.807) is 18.2 Å². The van der Waals surface area contributed by atoms with Gasteiger partial charge in [0.15, 0.2) is 0 Å². The molecule has 2 aliphatic rings. The Balaban J connectivity index is 1.80. The first-order valence-electron chi connectivity index (χ1n) is 9.93. The molecule has 0 aromatic heterocycles. The molecule has 2 amide bonds. The van der Waals surface area contributed by atoms with Gasteiger partial charge in [-0.1, -0.05) is 53.5 Å². The van der Waals surface area contributed by atoms with E-state index in [2.05, 4.69) is 11.9 Å². The molecule has 0 spiro atoms. The van der Waals surface area contributed by atoms with E-state index in [-0.39, 0.29) is 17.9 Å². The van der Waals surface area contributed by atoms with Crippen molar-refractivity contribution < 1.29 is 9.59 Å². The second kappa shape index (κ2) is 8.42. The molecule has 7 heteroatoms. The van der Waals surface area contributed by atoms with Crippen molar-refractivity contribution in [1.29, 1.82) is 0 Å². The van der Waals surface area contributed by atoms with Crippen LogP contribution in [0.15, 0.2) is 54.2 Å². The zero-order valence-corrected chi connectivity index (χ0v) is 18.5. The van der Waals surface area contributed by atoms with Crippen LogP contribution in [0.2, 0.25) is 10.0 Å². The summed E-state index contributed by atoms with van der Waals surface area (Å²) in [5.41, 5.74) is 1.83. The fourth-order valence-corrected chi connectivity index (χ4v) is 4.52. The fraction of sp³-hybridized carbons (Fsp3) is 0.304. The molecule has 4 rings (SSSR count). The highest BCUT2D eigenvalue weighted by atomic mass is 35.5. The standard InChI is InChI=1S/C23H23Cl2N3O2/c1-26-12-10-17(11-13-26)27(2)21-20(15-6-4-3-5-7-15)22(29)28(23(21)30)19-14-16(24)8-9-18(19)25/h3-9,14,17H,10-13H2,1-2H3. The topological polar surface area (TPSA) is 43.9 Å². The number of piperidine rings is 1. The number of benzene rings is 2. The van der Waals surface area contributed by atoms with Crippen molar-refractivity contribution >= 4 is 46.3 Å². The van der Waals surface area contributed by atoms with Gasteiger partial charge in [0.05, 0.1) is 16.3 Å². The van der Waals surface area contributed by atoms with Crippen LogP contribution in [0.5, 0.6) is 0 Å². The molecular formula is C23H23Cl2N3O2. The average Bonchev–Trinajstić information content (AvgIpc) is 3.00. The van der Waals surface area contributed by atoms with Crippen molar-refractivity contribution in [3.63, 3.8) is 0 Å². The first kappa shape index (κ1) is 20.9. The van der Waals surface area contributed by atoms with E-state index in [1.165, 1.54) is 0 Å². The van der Waals surface area contributed by atoms with Crippen molar-refractivity contribution in [3.05, 3.63) is 69.8 Å². The van der Waals surface area contributed by atoms with E-state index in [1.807, 2.05) is 42.3 Å². The number of halogens is 2. The van der Waals surface area contributed by atoms with Crippen LogP contribution in [-0.4, -0.2) is 54.8 Å². The van der Waals surface area contributed by atoms with Crippen molar-refractivity contribution in [2.75, 3.05) is 32.1 Å². The highest BCUT2D eigenvalue weighted by Crippen LogP contribution is 2.39. The Kier molecular flexibility index (Phi) is 5.87. The number of carbonyl (C=O) groups excluding carboxylic acids is 2. The summed E-state index contributed by atoms with van der Waals surface area (Å²) in [6, 6.07) is 14.3. The molecule has 5 nitrogen and oxygen atoms in total. The zero-order valence-electron chi connectivity index (χ0n) is 16.9. The number of likely N-dealkylation sites (tertiary alicyclic amines) is 1. The highest BCUT2D eigenvalue weighted by molar-refractivity contribution is 6.47. The maximum Gasteiger partial charge on any atom is 0.282 e. The number of anilines is 1. The van der Waals surface area contributed by atoms with Gasteiger partial charge >= 0.3 is 0 Å². The van der Waals surface area contributed by atoms with Crippen LogP contribution >= 0.6 is 23.2 Å². The summed E-state index contributed by atoms with van der Waals surface area (Å²) in [7, 11) is 4.00. The summed E-state index contributed by atoms with van der Waals surface area (Å²) >= 11 is 12.5. The maximum atomic E-state index is 13.6. The first-order chi connectivity index (χ1) is 14.4. The van der Waals surface area contributed by atoms with Crippen LogP contribution in [0.4, 0.5) is 5.69 Å². The molecule has 0 bridgehead atoms. The minimum Gasteiger partial charge on any atom is -0.366 e. The third kappa shape index (κ3) is 3.73. The molecule has 1 fully saturated rings. The molecule has 0 unspecified atom stereocenters. The molecule has 1 saturated heterocycles. The van der Waals surface area contributed by atoms with Crippen molar-refractivity contribution in [1.82, 2.24) is 9.80 Å². The summed E-state index contributed by atoms with van der Waals surface area (Å²) in [6.07, 6.45) is 1.86. The lowest BCUT2D eigenvalue weighted by Gasteiger charge is -2.36. The van der Waals surface area contributed by atoms with Gasteiger partial charge in [0.25, 0.3) is 11.8 Å².